The number of hydrogen-bond acceptors (Lipinski definition) is 2. The van der Waals surface area contributed by atoms with Crippen LogP contribution in [0, 0.1) is 6.92 Å². The number of fused-ring (bicyclic) bond motifs is 1. The van der Waals surface area contributed by atoms with Crippen LogP contribution >= 0.6 is 0 Å². The summed E-state index contributed by atoms with van der Waals surface area (Å²) in [6.45, 7) is 3.03. The van der Waals surface area contributed by atoms with E-state index in [0.717, 1.165) is 49.6 Å². The van der Waals surface area contributed by atoms with Gasteiger partial charge < -0.3 is 0 Å². The monoisotopic (exact) mass is 546 g/mol. The van der Waals surface area contributed by atoms with Crippen LogP contribution in [0.3, 0.4) is 0 Å². The van der Waals surface area contributed by atoms with E-state index in [1.165, 1.54) is 38.8 Å². The number of nitrogens with zero attached hydrogens (tertiary/aromatic N) is 1. The Morgan fingerprint density at radius 3 is 2.53 bits per heavy atom. The predicted octanol–water partition coefficient (Wildman–Crippen LogP) is 5.74. The summed E-state index contributed by atoms with van der Waals surface area (Å²) in [5.74, 6) is 0.490. The van der Waals surface area contributed by atoms with E-state index in [1.807, 2.05) is 18.2 Å². The summed E-state index contributed by atoms with van der Waals surface area (Å²) < 4.78 is 3.57. The summed E-state index contributed by atoms with van der Waals surface area (Å²) in [6, 6.07) is 23.2. The average molecular weight is 546 g/mol. The third-order valence-electron chi connectivity index (χ3n) is 7.42. The Hall–Kier alpha value is -3.01. The fourth-order valence-corrected chi connectivity index (χ4v) is 5.89. The number of aromatic hydroxyl groups is 1. The molecule has 1 aliphatic carbocycles. The van der Waals surface area contributed by atoms with Crippen molar-refractivity contribution < 1.29 is 9.90 Å². The van der Waals surface area contributed by atoms with Crippen molar-refractivity contribution in [3.63, 3.8) is 0 Å². The molecule has 0 bridgehead atoms. The normalized spacial score (nSPS) is 13.6. The maximum atomic E-state index is 12.2. The summed E-state index contributed by atoms with van der Waals surface area (Å²) >= 11 is 2.74. The van der Waals surface area contributed by atoms with Gasteiger partial charge in [0.1, 0.15) is 0 Å². The van der Waals surface area contributed by atoms with Gasteiger partial charge >= 0.3 is 203 Å². The molecule has 0 spiro atoms. The van der Waals surface area contributed by atoms with Crippen LogP contribution in [0.2, 0.25) is 0 Å². The van der Waals surface area contributed by atoms with Crippen molar-refractivity contribution in [2.24, 2.45) is 0 Å². The second-order valence-corrected chi connectivity index (χ2v) is 10.9. The molecule has 5 rings (SSSR count). The molecule has 4 nitrogen and oxygen atoms in total. The van der Waals surface area contributed by atoms with E-state index < -0.39 is 0 Å². The first-order valence-corrected chi connectivity index (χ1v) is 13.9. The number of phenolic OH excluding ortho intramolecular Hbond substituents is 1. The molecule has 1 saturated carbocycles. The number of carbonyl (C=O) groups is 1. The number of hydrogen-bond donors (Lipinski definition) is 2. The minimum absolute atomic E-state index is 0.199. The number of rotatable bonds is 9. The van der Waals surface area contributed by atoms with Crippen LogP contribution in [-0.2, 0) is 11.3 Å². The van der Waals surface area contributed by atoms with Gasteiger partial charge in [0.05, 0.1) is 0 Å². The molecular weight excluding hydrogens is 511 g/mol. The Bertz CT molecular complexity index is 1370. The number of amides is 1. The Morgan fingerprint density at radius 1 is 1.00 bits per heavy atom. The van der Waals surface area contributed by atoms with Gasteiger partial charge in [0.2, 0.25) is 0 Å². The molecule has 1 fully saturated rings. The van der Waals surface area contributed by atoms with Gasteiger partial charge in [-0.3, -0.25) is 0 Å². The van der Waals surface area contributed by atoms with Crippen molar-refractivity contribution >= 4 is 37.3 Å². The van der Waals surface area contributed by atoms with Crippen LogP contribution in [0.1, 0.15) is 50.5 Å². The number of unbranched alkanes of at least 4 members (excludes halogenated alkanes) is 2. The van der Waals surface area contributed by atoms with E-state index >= 15 is 0 Å². The van der Waals surface area contributed by atoms with Crippen LogP contribution in [-0.4, -0.2) is 37.6 Å². The molecule has 0 saturated heterocycles. The number of aromatic nitrogens is 1. The summed E-state index contributed by atoms with van der Waals surface area (Å²) in [5, 5.41) is 14.4. The van der Waals surface area contributed by atoms with Crippen molar-refractivity contribution in [3.8, 4) is 28.1 Å². The van der Waals surface area contributed by atoms with Crippen molar-refractivity contribution in [1.82, 2.24) is 9.88 Å². The van der Waals surface area contributed by atoms with Crippen molar-refractivity contribution in [2.45, 2.75) is 64.5 Å². The molecule has 0 aliphatic heterocycles. The van der Waals surface area contributed by atoms with Crippen LogP contribution in [0.5, 0.6) is 5.75 Å². The van der Waals surface area contributed by atoms with E-state index in [1.54, 1.807) is 6.07 Å². The van der Waals surface area contributed by atoms with Crippen LogP contribution in [0.15, 0.2) is 66.7 Å². The Morgan fingerprint density at radius 2 is 1.81 bits per heavy atom. The molecular formula is C31H34N2O2Se. The van der Waals surface area contributed by atoms with E-state index in [2.05, 4.69) is 75.3 Å². The van der Waals surface area contributed by atoms with E-state index in [-0.39, 0.29) is 5.91 Å². The third kappa shape index (κ3) is 5.23. The molecule has 1 aromatic heterocycles. The first-order chi connectivity index (χ1) is 17.5. The molecule has 1 amide bonds. The van der Waals surface area contributed by atoms with Gasteiger partial charge in [0.15, 0.2) is 0 Å². The molecule has 0 radical (unpaired) electrons. The van der Waals surface area contributed by atoms with Crippen LogP contribution in [0.4, 0.5) is 0 Å². The Kier molecular flexibility index (Phi) is 7.50. The van der Waals surface area contributed by atoms with Crippen molar-refractivity contribution in [1.29, 1.82) is 0 Å². The van der Waals surface area contributed by atoms with Crippen molar-refractivity contribution in [2.75, 3.05) is 0 Å². The molecule has 5 heteroatoms. The number of benzene rings is 3. The molecule has 4 aromatic rings. The number of phenols is 1. The van der Waals surface area contributed by atoms with Gasteiger partial charge in [0.25, 0.3) is 0 Å². The van der Waals surface area contributed by atoms with Crippen molar-refractivity contribution in [3.05, 3.63) is 72.3 Å². The molecule has 2 N–H and O–H groups in total. The van der Waals surface area contributed by atoms with Gasteiger partial charge in [-0.25, -0.2) is 0 Å². The summed E-state index contributed by atoms with van der Waals surface area (Å²) in [7, 11) is 0. The van der Waals surface area contributed by atoms with E-state index in [4.69, 9.17) is 0 Å². The van der Waals surface area contributed by atoms with E-state index in [9.17, 15) is 9.90 Å². The Labute approximate surface area is 221 Å². The zero-order valence-corrected chi connectivity index (χ0v) is 22.7. The fraction of sp³-hybridized carbons (Fsp3) is 0.323. The molecule has 0 atom stereocenters. The van der Waals surface area contributed by atoms with Gasteiger partial charge in [0, 0.05) is 0 Å². The second kappa shape index (κ2) is 10.9. The first kappa shape index (κ1) is 24.7. The quantitative estimate of drug-likeness (QED) is 0.208. The summed E-state index contributed by atoms with van der Waals surface area (Å²) in [5.41, 5.74) is 7.13. The second-order valence-electron chi connectivity index (χ2n) is 9.93. The third-order valence-corrected chi connectivity index (χ3v) is 8.19. The SMILES string of the molecule is Cc1c(-c2ccc(-c3ccccc3)cc2[SeH])n(CCCCCC(=O)NC2CCC2)c2ccc(O)cc12. The first-order valence-electron chi connectivity index (χ1n) is 13.0. The summed E-state index contributed by atoms with van der Waals surface area (Å²) in [6.07, 6.45) is 7.04. The summed E-state index contributed by atoms with van der Waals surface area (Å²) in [4.78, 5) is 12.2. The zero-order chi connectivity index (χ0) is 25.1. The maximum absolute atomic E-state index is 12.2. The molecule has 1 heterocycles. The molecule has 186 valence electrons. The van der Waals surface area contributed by atoms with Gasteiger partial charge in [-0.05, 0) is 19.3 Å². The van der Waals surface area contributed by atoms with Crippen LogP contribution in [0.25, 0.3) is 33.3 Å². The molecule has 0 unspecified atom stereocenters. The van der Waals surface area contributed by atoms with E-state index in [0.29, 0.717) is 18.2 Å². The molecule has 36 heavy (non-hydrogen) atoms. The zero-order valence-electron chi connectivity index (χ0n) is 20.8. The number of nitrogens with one attached hydrogen (secondary N) is 1. The van der Waals surface area contributed by atoms with Gasteiger partial charge in [-0.15, -0.1) is 0 Å². The Balaban J connectivity index is 1.37. The predicted molar refractivity (Wildman–Crippen MR) is 150 cm³/mol. The van der Waals surface area contributed by atoms with Gasteiger partial charge in [-0.1, -0.05) is 0 Å². The fourth-order valence-electron chi connectivity index (χ4n) is 5.22. The molecule has 1 aliphatic rings. The average Bonchev–Trinajstić information content (AvgIpc) is 3.12. The standard InChI is InChI=1S/C31H34N2O2Se/c1-21-27-20-25(34)15-17-28(27)33(18-7-3-6-13-30(35)32-24-11-8-12-24)31(21)26-16-14-23(19-29(26)36)22-9-4-2-5-10-22/h2,4-5,9-10,14-17,19-20,24,34,36H,3,6-8,11-13,18H2,1H3,(H,32,35). The number of aryl methyl sites for hydroxylation is 2. The molecule has 3 aromatic carbocycles. The minimum atomic E-state index is 0.199. The number of carbonyl (C=O) groups excluding carboxylic acids is 1. The van der Waals surface area contributed by atoms with Gasteiger partial charge in [-0.2, -0.15) is 0 Å². The topological polar surface area (TPSA) is 54.3 Å². The van der Waals surface area contributed by atoms with Crippen LogP contribution < -0.4 is 9.78 Å².